The van der Waals surface area contributed by atoms with Gasteiger partial charge in [0.25, 0.3) is 0 Å². The molecule has 5 heteroatoms. The largest absolute Gasteiger partial charge is 0.374 e. The lowest BCUT2D eigenvalue weighted by atomic mass is 9.92. The molecule has 0 unspecified atom stereocenters. The van der Waals surface area contributed by atoms with Crippen molar-refractivity contribution in [1.82, 2.24) is 14.5 Å². The zero-order valence-electron chi connectivity index (χ0n) is 12.2. The molecule has 2 rings (SSSR count). The fourth-order valence-electron chi connectivity index (χ4n) is 2.74. The standard InChI is InChI=1S/C14H26N4S/c1-3-5-12-6-9-18(10-7-12)11-13-14(15-8-4-2)19-17-16-13/h12,15H,3-11H2,1-2H3. The van der Waals surface area contributed by atoms with E-state index in [1.807, 2.05) is 0 Å². The first kappa shape index (κ1) is 14.7. The lowest BCUT2D eigenvalue weighted by Crippen LogP contribution is -2.33. The Morgan fingerprint density at radius 3 is 2.74 bits per heavy atom. The summed E-state index contributed by atoms with van der Waals surface area (Å²) in [6, 6.07) is 0. The number of anilines is 1. The van der Waals surface area contributed by atoms with Crippen LogP contribution in [0.3, 0.4) is 0 Å². The van der Waals surface area contributed by atoms with Gasteiger partial charge in [0.15, 0.2) is 0 Å². The fourth-order valence-corrected chi connectivity index (χ4v) is 3.34. The number of piperidine rings is 1. The molecule has 1 aliphatic heterocycles. The maximum atomic E-state index is 4.28. The van der Waals surface area contributed by atoms with E-state index in [2.05, 4.69) is 33.7 Å². The monoisotopic (exact) mass is 282 g/mol. The van der Waals surface area contributed by atoms with Crippen LogP contribution in [0.5, 0.6) is 0 Å². The summed E-state index contributed by atoms with van der Waals surface area (Å²) in [5.74, 6) is 0.951. The molecule has 1 aromatic rings. The predicted molar refractivity (Wildman–Crippen MR) is 81.6 cm³/mol. The molecule has 1 N–H and O–H groups in total. The number of nitrogens with zero attached hydrogens (tertiary/aromatic N) is 3. The molecule has 19 heavy (non-hydrogen) atoms. The first-order valence-corrected chi connectivity index (χ1v) is 8.38. The molecule has 0 spiro atoms. The summed E-state index contributed by atoms with van der Waals surface area (Å²) in [4.78, 5) is 2.53. The van der Waals surface area contributed by atoms with E-state index < -0.39 is 0 Å². The smallest absolute Gasteiger partial charge is 0.134 e. The van der Waals surface area contributed by atoms with Gasteiger partial charge in [-0.3, -0.25) is 4.90 Å². The molecule has 0 aliphatic carbocycles. The minimum Gasteiger partial charge on any atom is -0.374 e. The van der Waals surface area contributed by atoms with Gasteiger partial charge in [-0.15, -0.1) is 5.10 Å². The summed E-state index contributed by atoms with van der Waals surface area (Å²) in [7, 11) is 0. The van der Waals surface area contributed by atoms with E-state index in [9.17, 15) is 0 Å². The molecule has 0 saturated carbocycles. The molecule has 108 valence electrons. The van der Waals surface area contributed by atoms with Crippen molar-refractivity contribution in [3.8, 4) is 0 Å². The van der Waals surface area contributed by atoms with Crippen LogP contribution in [0.1, 0.15) is 51.6 Å². The first-order valence-electron chi connectivity index (χ1n) is 7.61. The summed E-state index contributed by atoms with van der Waals surface area (Å²) in [6.07, 6.45) is 6.56. The molecule has 1 saturated heterocycles. The van der Waals surface area contributed by atoms with E-state index in [0.717, 1.165) is 36.1 Å². The van der Waals surface area contributed by atoms with Gasteiger partial charge in [0.1, 0.15) is 10.7 Å². The predicted octanol–water partition coefficient (Wildman–Crippen LogP) is 3.37. The number of hydrogen-bond donors (Lipinski definition) is 1. The maximum absolute atomic E-state index is 4.28. The Labute approximate surface area is 120 Å². The van der Waals surface area contributed by atoms with Crippen molar-refractivity contribution in [3.05, 3.63) is 5.69 Å². The van der Waals surface area contributed by atoms with Crippen LogP contribution in [0.25, 0.3) is 0 Å². The average Bonchev–Trinajstić information content (AvgIpc) is 2.86. The van der Waals surface area contributed by atoms with Crippen LogP contribution >= 0.6 is 11.5 Å². The maximum Gasteiger partial charge on any atom is 0.134 e. The zero-order valence-corrected chi connectivity index (χ0v) is 13.0. The van der Waals surface area contributed by atoms with Crippen LogP contribution in [0, 0.1) is 5.92 Å². The molecule has 1 fully saturated rings. The van der Waals surface area contributed by atoms with E-state index in [1.54, 1.807) is 0 Å². The number of hydrogen-bond acceptors (Lipinski definition) is 5. The molecule has 4 nitrogen and oxygen atoms in total. The van der Waals surface area contributed by atoms with Crippen molar-refractivity contribution in [3.63, 3.8) is 0 Å². The van der Waals surface area contributed by atoms with E-state index in [1.165, 1.54) is 50.3 Å². The van der Waals surface area contributed by atoms with Gasteiger partial charge in [0, 0.05) is 24.6 Å². The Hall–Kier alpha value is -0.680. The van der Waals surface area contributed by atoms with Gasteiger partial charge in [0.2, 0.25) is 0 Å². The van der Waals surface area contributed by atoms with Crippen LogP contribution < -0.4 is 5.32 Å². The molecule has 0 atom stereocenters. The Morgan fingerprint density at radius 1 is 1.26 bits per heavy atom. The van der Waals surface area contributed by atoms with E-state index in [-0.39, 0.29) is 0 Å². The summed E-state index contributed by atoms with van der Waals surface area (Å²) in [5.41, 5.74) is 1.13. The lowest BCUT2D eigenvalue weighted by Gasteiger charge is -2.31. The second kappa shape index (κ2) is 7.80. The molecule has 0 aromatic carbocycles. The van der Waals surface area contributed by atoms with Gasteiger partial charge in [-0.1, -0.05) is 31.2 Å². The molecular weight excluding hydrogens is 256 g/mol. The lowest BCUT2D eigenvalue weighted by molar-refractivity contribution is 0.170. The molecule has 0 amide bonds. The van der Waals surface area contributed by atoms with Crippen LogP contribution in [-0.2, 0) is 6.54 Å². The Morgan fingerprint density at radius 2 is 2.05 bits per heavy atom. The number of rotatable bonds is 7. The molecule has 0 radical (unpaired) electrons. The normalized spacial score (nSPS) is 17.8. The van der Waals surface area contributed by atoms with Gasteiger partial charge in [-0.2, -0.15) is 0 Å². The highest BCUT2D eigenvalue weighted by molar-refractivity contribution is 7.10. The second-order valence-electron chi connectivity index (χ2n) is 5.48. The molecule has 2 heterocycles. The van der Waals surface area contributed by atoms with Crippen LogP contribution in [0.2, 0.25) is 0 Å². The second-order valence-corrected chi connectivity index (χ2v) is 6.24. The fraction of sp³-hybridized carbons (Fsp3) is 0.857. The molecule has 0 bridgehead atoms. The van der Waals surface area contributed by atoms with Gasteiger partial charge >= 0.3 is 0 Å². The Bertz CT molecular complexity index is 358. The molecular formula is C14H26N4S. The van der Waals surface area contributed by atoms with Crippen molar-refractivity contribution in [2.45, 2.75) is 52.5 Å². The van der Waals surface area contributed by atoms with Crippen molar-refractivity contribution in [2.24, 2.45) is 5.92 Å². The third-order valence-corrected chi connectivity index (χ3v) is 4.59. The highest BCUT2D eigenvalue weighted by Crippen LogP contribution is 2.25. The Balaban J connectivity index is 1.80. The highest BCUT2D eigenvalue weighted by Gasteiger charge is 2.20. The molecule has 1 aliphatic rings. The average molecular weight is 282 g/mol. The van der Waals surface area contributed by atoms with Gasteiger partial charge in [0.05, 0.1) is 0 Å². The summed E-state index contributed by atoms with van der Waals surface area (Å²) >= 11 is 1.49. The van der Waals surface area contributed by atoms with Gasteiger partial charge in [-0.05, 0) is 38.3 Å². The molecule has 1 aromatic heterocycles. The first-order chi connectivity index (χ1) is 9.33. The van der Waals surface area contributed by atoms with E-state index in [0.29, 0.717) is 0 Å². The number of likely N-dealkylation sites (tertiary alicyclic amines) is 1. The summed E-state index contributed by atoms with van der Waals surface area (Å²) in [6.45, 7) is 8.88. The highest BCUT2D eigenvalue weighted by atomic mass is 32.1. The number of aromatic nitrogens is 2. The zero-order chi connectivity index (χ0) is 13.5. The van der Waals surface area contributed by atoms with Gasteiger partial charge in [-0.25, -0.2) is 0 Å². The third kappa shape index (κ3) is 4.42. The van der Waals surface area contributed by atoms with Crippen LogP contribution in [0.15, 0.2) is 0 Å². The minimum absolute atomic E-state index is 0.951. The minimum atomic E-state index is 0.951. The van der Waals surface area contributed by atoms with Crippen molar-refractivity contribution in [2.75, 3.05) is 25.0 Å². The summed E-state index contributed by atoms with van der Waals surface area (Å²) < 4.78 is 4.09. The Kier molecular flexibility index (Phi) is 6.04. The topological polar surface area (TPSA) is 41.1 Å². The quantitative estimate of drug-likeness (QED) is 0.832. The SMILES string of the molecule is CCCNc1snnc1CN1CCC(CCC)CC1. The van der Waals surface area contributed by atoms with Crippen molar-refractivity contribution < 1.29 is 0 Å². The summed E-state index contributed by atoms with van der Waals surface area (Å²) in [5, 5.41) is 8.88. The number of nitrogens with one attached hydrogen (secondary N) is 1. The van der Waals surface area contributed by atoms with E-state index >= 15 is 0 Å². The van der Waals surface area contributed by atoms with Crippen LogP contribution in [0.4, 0.5) is 5.00 Å². The van der Waals surface area contributed by atoms with Crippen molar-refractivity contribution in [1.29, 1.82) is 0 Å². The van der Waals surface area contributed by atoms with Gasteiger partial charge < -0.3 is 5.32 Å². The van der Waals surface area contributed by atoms with E-state index in [4.69, 9.17) is 0 Å². The van der Waals surface area contributed by atoms with Crippen LogP contribution in [-0.4, -0.2) is 34.1 Å². The third-order valence-electron chi connectivity index (χ3n) is 3.87. The van der Waals surface area contributed by atoms with Crippen molar-refractivity contribution >= 4 is 16.5 Å².